The molecule has 0 saturated carbocycles. The first-order chi connectivity index (χ1) is 15.0. The molecule has 2 aromatic carbocycles. The predicted octanol–water partition coefficient (Wildman–Crippen LogP) is 5.42. The number of ether oxygens (including phenoxy) is 1. The fourth-order valence-corrected chi connectivity index (χ4v) is 4.12. The molecular weight excluding hydrogens is 388 g/mol. The van der Waals surface area contributed by atoms with Gasteiger partial charge in [0.1, 0.15) is 17.3 Å². The number of furan rings is 1. The van der Waals surface area contributed by atoms with Gasteiger partial charge in [-0.25, -0.2) is 0 Å². The van der Waals surface area contributed by atoms with E-state index in [-0.39, 0.29) is 11.8 Å². The summed E-state index contributed by atoms with van der Waals surface area (Å²) in [7, 11) is 1.66. The van der Waals surface area contributed by atoms with Gasteiger partial charge in [-0.05, 0) is 86.8 Å². The third kappa shape index (κ3) is 5.17. The fraction of sp³-hybridized carbons (Fsp3) is 0.346. The van der Waals surface area contributed by atoms with Gasteiger partial charge < -0.3 is 14.5 Å². The molecule has 5 nitrogen and oxygen atoms in total. The molecule has 4 rings (SSSR count). The first-order valence-electron chi connectivity index (χ1n) is 10.9. The monoisotopic (exact) mass is 418 g/mol. The number of nitrogens with one attached hydrogen (secondary N) is 1. The quantitative estimate of drug-likeness (QED) is 0.580. The van der Waals surface area contributed by atoms with E-state index in [1.807, 2.05) is 55.5 Å². The van der Waals surface area contributed by atoms with Crippen LogP contribution in [-0.2, 0) is 11.3 Å². The zero-order valence-electron chi connectivity index (χ0n) is 18.5. The van der Waals surface area contributed by atoms with Gasteiger partial charge in [-0.3, -0.25) is 9.69 Å². The molecule has 0 radical (unpaired) electrons. The minimum atomic E-state index is 0.0387. The maximum Gasteiger partial charge on any atom is 0.227 e. The summed E-state index contributed by atoms with van der Waals surface area (Å²) >= 11 is 0. The Kier molecular flexibility index (Phi) is 6.42. The molecule has 5 heteroatoms. The molecule has 0 unspecified atom stereocenters. The summed E-state index contributed by atoms with van der Waals surface area (Å²) in [5.41, 5.74) is 4.14. The SMILES string of the molecule is COc1cccc(-c2cccc(NC(=O)C3CCN(Cc4cc(C)c(C)o4)CC3)c2)c1. The number of anilines is 1. The lowest BCUT2D eigenvalue weighted by Crippen LogP contribution is -2.37. The number of carbonyl (C=O) groups is 1. The Hall–Kier alpha value is -3.05. The maximum absolute atomic E-state index is 12.9. The van der Waals surface area contributed by atoms with Crippen LogP contribution in [0, 0.1) is 19.8 Å². The van der Waals surface area contributed by atoms with Gasteiger partial charge in [-0.15, -0.1) is 0 Å². The van der Waals surface area contributed by atoms with E-state index in [9.17, 15) is 4.79 Å². The lowest BCUT2D eigenvalue weighted by molar-refractivity contribution is -0.121. The van der Waals surface area contributed by atoms with Crippen LogP contribution in [-0.4, -0.2) is 31.0 Å². The van der Waals surface area contributed by atoms with Gasteiger partial charge in [0.15, 0.2) is 0 Å². The molecule has 162 valence electrons. The van der Waals surface area contributed by atoms with Crippen molar-refractivity contribution in [3.63, 3.8) is 0 Å². The Morgan fingerprint density at radius 1 is 1.06 bits per heavy atom. The lowest BCUT2D eigenvalue weighted by Gasteiger charge is -2.30. The highest BCUT2D eigenvalue weighted by Crippen LogP contribution is 2.27. The second kappa shape index (κ2) is 9.40. The summed E-state index contributed by atoms with van der Waals surface area (Å²) in [6.07, 6.45) is 1.72. The van der Waals surface area contributed by atoms with E-state index in [1.54, 1.807) is 7.11 Å². The summed E-state index contributed by atoms with van der Waals surface area (Å²) in [6.45, 7) is 6.69. The second-order valence-corrected chi connectivity index (χ2v) is 8.30. The molecule has 0 spiro atoms. The Labute approximate surface area is 184 Å². The van der Waals surface area contributed by atoms with Crippen LogP contribution in [0.5, 0.6) is 5.75 Å². The summed E-state index contributed by atoms with van der Waals surface area (Å²) < 4.78 is 11.1. The highest BCUT2D eigenvalue weighted by molar-refractivity contribution is 5.93. The number of aryl methyl sites for hydroxylation is 2. The van der Waals surface area contributed by atoms with Crippen molar-refractivity contribution in [1.82, 2.24) is 4.90 Å². The van der Waals surface area contributed by atoms with Gasteiger partial charge in [0.25, 0.3) is 0 Å². The molecule has 1 aromatic heterocycles. The van der Waals surface area contributed by atoms with Gasteiger partial charge in [-0.2, -0.15) is 0 Å². The molecule has 1 aliphatic heterocycles. The van der Waals surface area contributed by atoms with E-state index in [1.165, 1.54) is 5.56 Å². The summed E-state index contributed by atoms with van der Waals surface area (Å²) in [6, 6.07) is 18.0. The number of piperidine rings is 1. The van der Waals surface area contributed by atoms with Crippen molar-refractivity contribution < 1.29 is 13.9 Å². The van der Waals surface area contributed by atoms with E-state index in [0.717, 1.165) is 66.6 Å². The van der Waals surface area contributed by atoms with Gasteiger partial charge >= 0.3 is 0 Å². The first kappa shape index (κ1) is 21.2. The van der Waals surface area contributed by atoms with Crippen molar-refractivity contribution in [2.45, 2.75) is 33.2 Å². The molecule has 1 aliphatic rings. The van der Waals surface area contributed by atoms with Gasteiger partial charge in [0.05, 0.1) is 13.7 Å². The van der Waals surface area contributed by atoms with Crippen LogP contribution < -0.4 is 10.1 Å². The molecule has 1 saturated heterocycles. The summed E-state index contributed by atoms with van der Waals surface area (Å²) in [5.74, 6) is 2.95. The zero-order chi connectivity index (χ0) is 21.8. The first-order valence-corrected chi connectivity index (χ1v) is 10.9. The number of likely N-dealkylation sites (tertiary alicyclic amines) is 1. The third-order valence-electron chi connectivity index (χ3n) is 6.09. The van der Waals surface area contributed by atoms with Crippen molar-refractivity contribution in [2.75, 3.05) is 25.5 Å². The van der Waals surface area contributed by atoms with E-state index < -0.39 is 0 Å². The number of hydrogen-bond acceptors (Lipinski definition) is 4. The highest BCUT2D eigenvalue weighted by Gasteiger charge is 2.25. The summed E-state index contributed by atoms with van der Waals surface area (Å²) in [4.78, 5) is 15.2. The Morgan fingerprint density at radius 2 is 1.77 bits per heavy atom. The van der Waals surface area contributed by atoms with Crippen molar-refractivity contribution in [3.8, 4) is 16.9 Å². The van der Waals surface area contributed by atoms with Gasteiger partial charge in [0.2, 0.25) is 5.91 Å². The Morgan fingerprint density at radius 3 is 2.45 bits per heavy atom. The minimum Gasteiger partial charge on any atom is -0.497 e. The average molecular weight is 419 g/mol. The fourth-order valence-electron chi connectivity index (χ4n) is 4.12. The molecule has 31 heavy (non-hydrogen) atoms. The summed E-state index contributed by atoms with van der Waals surface area (Å²) in [5, 5.41) is 3.12. The van der Waals surface area contributed by atoms with Crippen LogP contribution in [0.2, 0.25) is 0 Å². The number of amides is 1. The van der Waals surface area contributed by atoms with Gasteiger partial charge in [0, 0.05) is 11.6 Å². The standard InChI is InChI=1S/C26H30N2O3/c1-18-14-25(31-19(18)2)17-28-12-10-20(11-13-28)26(29)27-23-8-4-6-21(15-23)22-7-5-9-24(16-22)30-3/h4-9,14-16,20H,10-13,17H2,1-3H3,(H,27,29). The van der Waals surface area contributed by atoms with Crippen LogP contribution in [0.25, 0.3) is 11.1 Å². The largest absolute Gasteiger partial charge is 0.497 e. The number of nitrogens with zero attached hydrogens (tertiary/aromatic N) is 1. The molecule has 2 heterocycles. The molecule has 0 atom stereocenters. The molecular formula is C26H30N2O3. The number of hydrogen-bond donors (Lipinski definition) is 1. The normalized spacial score (nSPS) is 15.1. The van der Waals surface area contributed by atoms with Gasteiger partial charge in [-0.1, -0.05) is 24.3 Å². The average Bonchev–Trinajstić information content (AvgIpc) is 3.11. The molecule has 1 amide bonds. The van der Waals surface area contributed by atoms with Crippen molar-refractivity contribution >= 4 is 11.6 Å². The highest BCUT2D eigenvalue weighted by atomic mass is 16.5. The molecule has 0 aliphatic carbocycles. The van der Waals surface area contributed by atoms with Crippen LogP contribution in [0.1, 0.15) is 29.9 Å². The van der Waals surface area contributed by atoms with E-state index in [4.69, 9.17) is 9.15 Å². The van der Waals surface area contributed by atoms with E-state index in [2.05, 4.69) is 23.2 Å². The number of rotatable bonds is 6. The van der Waals surface area contributed by atoms with Crippen LogP contribution in [0.15, 0.2) is 59.0 Å². The van der Waals surface area contributed by atoms with Crippen LogP contribution >= 0.6 is 0 Å². The molecule has 0 bridgehead atoms. The van der Waals surface area contributed by atoms with E-state index in [0.29, 0.717) is 0 Å². The van der Waals surface area contributed by atoms with Crippen molar-refractivity contribution in [3.05, 3.63) is 71.7 Å². The number of benzene rings is 2. The second-order valence-electron chi connectivity index (χ2n) is 8.30. The number of carbonyl (C=O) groups excluding carboxylic acids is 1. The van der Waals surface area contributed by atoms with Crippen molar-refractivity contribution in [1.29, 1.82) is 0 Å². The predicted molar refractivity (Wildman–Crippen MR) is 123 cm³/mol. The Bertz CT molecular complexity index is 1030. The van der Waals surface area contributed by atoms with Crippen molar-refractivity contribution in [2.24, 2.45) is 5.92 Å². The smallest absolute Gasteiger partial charge is 0.227 e. The minimum absolute atomic E-state index is 0.0387. The van der Waals surface area contributed by atoms with E-state index >= 15 is 0 Å². The molecule has 1 N–H and O–H groups in total. The Balaban J connectivity index is 1.34. The van der Waals surface area contributed by atoms with Crippen LogP contribution in [0.4, 0.5) is 5.69 Å². The lowest BCUT2D eigenvalue weighted by atomic mass is 9.95. The topological polar surface area (TPSA) is 54.7 Å². The zero-order valence-corrected chi connectivity index (χ0v) is 18.5. The molecule has 1 fully saturated rings. The third-order valence-corrected chi connectivity index (χ3v) is 6.09. The molecule has 3 aromatic rings. The maximum atomic E-state index is 12.9. The van der Waals surface area contributed by atoms with Crippen LogP contribution in [0.3, 0.4) is 0 Å². The number of methoxy groups -OCH3 is 1.